The minimum atomic E-state index is -0.913. The summed E-state index contributed by atoms with van der Waals surface area (Å²) in [6.07, 6.45) is 3.25. The molecule has 2 aromatic heterocycles. The molecule has 3 aromatic rings. The molecule has 0 saturated carbocycles. The summed E-state index contributed by atoms with van der Waals surface area (Å²) >= 11 is 0. The fraction of sp³-hybridized carbons (Fsp3) is 0.0833. The van der Waals surface area contributed by atoms with Crippen molar-refractivity contribution in [3.05, 3.63) is 36.0 Å². The van der Waals surface area contributed by atoms with Crippen molar-refractivity contribution < 1.29 is 9.90 Å². The van der Waals surface area contributed by atoms with Crippen molar-refractivity contribution in [1.82, 2.24) is 24.9 Å². The quantitative estimate of drug-likeness (QED) is 0.659. The van der Waals surface area contributed by atoms with Gasteiger partial charge in [0, 0.05) is 22.7 Å². The molecule has 2 heterocycles. The van der Waals surface area contributed by atoms with E-state index in [1.165, 1.54) is 6.21 Å². The molecule has 9 nitrogen and oxygen atoms in total. The fourth-order valence-electron chi connectivity index (χ4n) is 2.04. The Morgan fingerprint density at radius 2 is 2.24 bits per heavy atom. The number of nitrogens with two attached hydrogens (primary N) is 1. The maximum absolute atomic E-state index is 10.9. The number of benzene rings is 1. The van der Waals surface area contributed by atoms with Gasteiger partial charge >= 0.3 is 5.97 Å². The second-order valence-corrected chi connectivity index (χ2v) is 4.29. The first-order valence-electron chi connectivity index (χ1n) is 6.03. The van der Waals surface area contributed by atoms with Crippen LogP contribution in [0.2, 0.25) is 0 Å². The molecule has 21 heavy (non-hydrogen) atoms. The molecule has 0 amide bonds. The van der Waals surface area contributed by atoms with Crippen LogP contribution >= 0.6 is 0 Å². The van der Waals surface area contributed by atoms with Crippen LogP contribution in [0.15, 0.2) is 35.6 Å². The van der Waals surface area contributed by atoms with Gasteiger partial charge in [-0.05, 0) is 16.5 Å². The van der Waals surface area contributed by atoms with Crippen molar-refractivity contribution in [2.75, 3.05) is 5.73 Å². The summed E-state index contributed by atoms with van der Waals surface area (Å²) in [4.78, 5) is 12.0. The van der Waals surface area contributed by atoms with Gasteiger partial charge in [0.05, 0.1) is 6.21 Å². The standard InChI is InChI=1S/C12H11N7O2/c13-12-15-16-17-19(12)14-5-8-6-18(7-11(20)21)10-4-2-1-3-9(8)10/h1-6H,7H2,(H,20,21)(H2,13,15,17)/b14-5+. The highest BCUT2D eigenvalue weighted by molar-refractivity contribution is 5.99. The third kappa shape index (κ3) is 2.43. The monoisotopic (exact) mass is 285 g/mol. The zero-order chi connectivity index (χ0) is 14.8. The molecular weight excluding hydrogens is 274 g/mol. The van der Waals surface area contributed by atoms with Gasteiger partial charge in [-0.2, -0.15) is 5.10 Å². The van der Waals surface area contributed by atoms with Crippen molar-refractivity contribution in [2.45, 2.75) is 6.54 Å². The number of nitrogens with zero attached hydrogens (tertiary/aromatic N) is 6. The number of tetrazole rings is 1. The van der Waals surface area contributed by atoms with Crippen LogP contribution in [0.4, 0.5) is 5.95 Å². The van der Waals surface area contributed by atoms with E-state index in [1.807, 2.05) is 24.3 Å². The molecule has 1 aromatic carbocycles. The summed E-state index contributed by atoms with van der Waals surface area (Å²) in [5.74, 6) is -0.843. The molecular formula is C12H11N7O2. The molecule has 0 saturated heterocycles. The van der Waals surface area contributed by atoms with E-state index in [-0.39, 0.29) is 12.5 Å². The highest BCUT2D eigenvalue weighted by Crippen LogP contribution is 2.20. The molecule has 3 rings (SSSR count). The molecule has 0 unspecified atom stereocenters. The summed E-state index contributed by atoms with van der Waals surface area (Å²) in [5.41, 5.74) is 7.08. The number of anilines is 1. The summed E-state index contributed by atoms with van der Waals surface area (Å²) in [5, 5.41) is 24.4. The molecule has 0 atom stereocenters. The minimum absolute atomic E-state index is 0.0699. The van der Waals surface area contributed by atoms with Crippen LogP contribution in [-0.2, 0) is 11.3 Å². The average Bonchev–Trinajstić information content (AvgIpc) is 3.01. The molecule has 9 heteroatoms. The third-order valence-electron chi connectivity index (χ3n) is 2.91. The smallest absolute Gasteiger partial charge is 0.323 e. The number of rotatable bonds is 4. The lowest BCUT2D eigenvalue weighted by Crippen LogP contribution is -2.07. The Kier molecular flexibility index (Phi) is 3.07. The summed E-state index contributed by atoms with van der Waals surface area (Å²) in [7, 11) is 0. The molecule has 106 valence electrons. The Labute approximate surface area is 118 Å². The van der Waals surface area contributed by atoms with Crippen LogP contribution < -0.4 is 5.73 Å². The van der Waals surface area contributed by atoms with Gasteiger partial charge in [0.25, 0.3) is 5.95 Å². The van der Waals surface area contributed by atoms with Crippen LogP contribution in [0.25, 0.3) is 10.9 Å². The Bertz CT molecular complexity index is 833. The van der Waals surface area contributed by atoms with Crippen LogP contribution in [0.5, 0.6) is 0 Å². The van der Waals surface area contributed by atoms with E-state index in [9.17, 15) is 4.79 Å². The lowest BCUT2D eigenvalue weighted by molar-refractivity contribution is -0.137. The number of carboxylic acids is 1. The van der Waals surface area contributed by atoms with E-state index in [0.29, 0.717) is 0 Å². The summed E-state index contributed by atoms with van der Waals surface area (Å²) in [6, 6.07) is 7.45. The highest BCUT2D eigenvalue weighted by atomic mass is 16.4. The lowest BCUT2D eigenvalue weighted by Gasteiger charge is -1.99. The second kappa shape index (κ2) is 5.04. The van der Waals surface area contributed by atoms with Crippen molar-refractivity contribution >= 4 is 29.0 Å². The molecule has 0 aliphatic carbocycles. The van der Waals surface area contributed by atoms with Crippen molar-refractivity contribution in [3.8, 4) is 0 Å². The predicted octanol–water partition coefficient (Wildman–Crippen LogP) is 0.177. The van der Waals surface area contributed by atoms with Gasteiger partial charge in [0.1, 0.15) is 6.54 Å². The second-order valence-electron chi connectivity index (χ2n) is 4.29. The van der Waals surface area contributed by atoms with Gasteiger partial charge in [0.15, 0.2) is 0 Å². The van der Waals surface area contributed by atoms with E-state index in [2.05, 4.69) is 20.6 Å². The van der Waals surface area contributed by atoms with Crippen LogP contribution in [0, 0.1) is 0 Å². The van der Waals surface area contributed by atoms with E-state index in [0.717, 1.165) is 21.3 Å². The number of para-hydroxylation sites is 1. The van der Waals surface area contributed by atoms with Gasteiger partial charge in [-0.3, -0.25) is 4.79 Å². The van der Waals surface area contributed by atoms with E-state index in [1.54, 1.807) is 10.8 Å². The maximum atomic E-state index is 10.9. The highest BCUT2D eigenvalue weighted by Gasteiger charge is 2.09. The summed E-state index contributed by atoms with van der Waals surface area (Å²) < 4.78 is 1.64. The third-order valence-corrected chi connectivity index (χ3v) is 2.91. The topological polar surface area (TPSA) is 124 Å². The number of hydrogen-bond acceptors (Lipinski definition) is 6. The molecule has 0 fully saturated rings. The Balaban J connectivity index is 2.04. The first-order chi connectivity index (χ1) is 10.1. The number of aliphatic carboxylic acids is 1. The first-order valence-corrected chi connectivity index (χ1v) is 6.03. The number of hydrogen-bond donors (Lipinski definition) is 2. The number of nitrogen functional groups attached to an aromatic ring is 1. The van der Waals surface area contributed by atoms with Crippen molar-refractivity contribution in [2.24, 2.45) is 5.10 Å². The maximum Gasteiger partial charge on any atom is 0.323 e. The van der Waals surface area contributed by atoms with Crippen LogP contribution in [-0.4, -0.2) is 42.2 Å². The zero-order valence-electron chi connectivity index (χ0n) is 10.8. The van der Waals surface area contributed by atoms with E-state index < -0.39 is 5.97 Å². The number of fused-ring (bicyclic) bond motifs is 1. The summed E-state index contributed by atoms with van der Waals surface area (Å²) in [6.45, 7) is -0.124. The first kappa shape index (κ1) is 12.8. The van der Waals surface area contributed by atoms with Gasteiger partial charge in [0.2, 0.25) is 0 Å². The predicted molar refractivity (Wildman–Crippen MR) is 74.8 cm³/mol. The number of carboxylic acid groups (broad SMARTS) is 1. The van der Waals surface area contributed by atoms with Gasteiger partial charge in [-0.1, -0.05) is 28.1 Å². The Morgan fingerprint density at radius 3 is 2.95 bits per heavy atom. The SMILES string of the molecule is Nc1nnnn1/N=C/c1cn(CC(=O)O)c2ccccc12. The minimum Gasteiger partial charge on any atom is -0.480 e. The average molecular weight is 285 g/mol. The number of aromatic nitrogens is 5. The lowest BCUT2D eigenvalue weighted by atomic mass is 10.2. The Hall–Kier alpha value is -3.23. The van der Waals surface area contributed by atoms with Crippen LogP contribution in [0.3, 0.4) is 0 Å². The van der Waals surface area contributed by atoms with Crippen LogP contribution in [0.1, 0.15) is 5.56 Å². The van der Waals surface area contributed by atoms with Crippen molar-refractivity contribution in [3.63, 3.8) is 0 Å². The molecule has 0 aliphatic rings. The molecule has 0 radical (unpaired) electrons. The molecule has 0 aliphatic heterocycles. The van der Waals surface area contributed by atoms with E-state index in [4.69, 9.17) is 10.8 Å². The zero-order valence-corrected chi connectivity index (χ0v) is 10.8. The molecule has 0 bridgehead atoms. The largest absolute Gasteiger partial charge is 0.480 e. The van der Waals surface area contributed by atoms with Gasteiger partial charge in [-0.15, -0.1) is 0 Å². The Morgan fingerprint density at radius 1 is 1.43 bits per heavy atom. The van der Waals surface area contributed by atoms with E-state index >= 15 is 0 Å². The van der Waals surface area contributed by atoms with Crippen molar-refractivity contribution in [1.29, 1.82) is 0 Å². The van der Waals surface area contributed by atoms with Gasteiger partial charge < -0.3 is 15.4 Å². The fourth-order valence-corrected chi connectivity index (χ4v) is 2.04. The molecule has 3 N–H and O–H groups in total. The molecule has 0 spiro atoms. The van der Waals surface area contributed by atoms with Gasteiger partial charge in [-0.25, -0.2) is 0 Å². The normalized spacial score (nSPS) is 11.4. The number of carbonyl (C=O) groups is 1.